The lowest BCUT2D eigenvalue weighted by molar-refractivity contribution is 0.413. The summed E-state index contributed by atoms with van der Waals surface area (Å²) < 4.78 is 5.17. The molecule has 0 fully saturated rings. The van der Waals surface area contributed by atoms with Gasteiger partial charge in [-0.15, -0.1) is 0 Å². The monoisotopic (exact) mass is 259 g/mol. The van der Waals surface area contributed by atoms with Gasteiger partial charge in [0.05, 0.1) is 7.11 Å². The zero-order valence-electron chi connectivity index (χ0n) is 9.88. The number of nitrogen functional groups attached to an aromatic ring is 1. The first-order chi connectivity index (χ1) is 8.70. The van der Waals surface area contributed by atoms with Crippen LogP contribution in [0.2, 0.25) is 0 Å². The third-order valence-corrected chi connectivity index (χ3v) is 3.38. The average molecular weight is 259 g/mol. The summed E-state index contributed by atoms with van der Waals surface area (Å²) in [6.45, 7) is 0. The number of pyridine rings is 1. The summed E-state index contributed by atoms with van der Waals surface area (Å²) in [6.07, 6.45) is 3.34. The fraction of sp³-hybridized carbons (Fsp3) is 0.0769. The van der Waals surface area contributed by atoms with Crippen LogP contribution < -0.4 is 10.5 Å². The summed E-state index contributed by atoms with van der Waals surface area (Å²) in [4.78, 5) is 5.94. The molecule has 4 nitrogen and oxygen atoms in total. The van der Waals surface area contributed by atoms with E-state index in [1.807, 2.05) is 24.3 Å². The van der Waals surface area contributed by atoms with Crippen LogP contribution in [-0.4, -0.2) is 17.9 Å². The second-order valence-electron chi connectivity index (χ2n) is 3.57. The van der Waals surface area contributed by atoms with E-state index in [0.29, 0.717) is 5.56 Å². The van der Waals surface area contributed by atoms with Gasteiger partial charge in [0.2, 0.25) is 0 Å². The van der Waals surface area contributed by atoms with Gasteiger partial charge in [0.15, 0.2) is 0 Å². The first kappa shape index (κ1) is 12.4. The van der Waals surface area contributed by atoms with Crippen LogP contribution in [0.1, 0.15) is 5.56 Å². The van der Waals surface area contributed by atoms with E-state index in [2.05, 4.69) is 4.98 Å². The molecule has 1 aromatic heterocycles. The first-order valence-corrected chi connectivity index (χ1v) is 6.12. The molecule has 0 saturated carbocycles. The van der Waals surface area contributed by atoms with Crippen LogP contribution in [-0.2, 0) is 0 Å². The van der Waals surface area contributed by atoms with Crippen molar-refractivity contribution in [3.05, 3.63) is 48.3 Å². The maximum Gasteiger partial charge on any atom is 0.124 e. The number of nitrogens with one attached hydrogen (secondary N) is 1. The first-order valence-electron chi connectivity index (χ1n) is 5.31. The largest absolute Gasteiger partial charge is 0.497 e. The molecule has 0 unspecified atom stereocenters. The van der Waals surface area contributed by atoms with Crippen LogP contribution in [0.5, 0.6) is 5.75 Å². The van der Waals surface area contributed by atoms with Crippen molar-refractivity contribution in [3.8, 4) is 5.75 Å². The quantitative estimate of drug-likeness (QED) is 0.653. The second kappa shape index (κ2) is 5.55. The maximum absolute atomic E-state index is 7.53. The Morgan fingerprint density at radius 2 is 2.22 bits per heavy atom. The Morgan fingerprint density at radius 1 is 1.39 bits per heavy atom. The zero-order chi connectivity index (χ0) is 13.0. The molecule has 0 aliphatic carbocycles. The van der Waals surface area contributed by atoms with Gasteiger partial charge in [-0.3, -0.25) is 10.4 Å². The van der Waals surface area contributed by atoms with E-state index in [-0.39, 0.29) is 5.84 Å². The smallest absolute Gasteiger partial charge is 0.124 e. The lowest BCUT2D eigenvalue weighted by Crippen LogP contribution is -2.12. The number of amidine groups is 1. The normalized spacial score (nSPS) is 10.1. The second-order valence-corrected chi connectivity index (χ2v) is 4.68. The van der Waals surface area contributed by atoms with Crippen molar-refractivity contribution >= 4 is 17.6 Å². The average Bonchev–Trinajstić information content (AvgIpc) is 2.39. The van der Waals surface area contributed by atoms with E-state index < -0.39 is 0 Å². The fourth-order valence-electron chi connectivity index (χ4n) is 1.48. The Kier molecular flexibility index (Phi) is 3.84. The summed E-state index contributed by atoms with van der Waals surface area (Å²) >= 11 is 1.51. The van der Waals surface area contributed by atoms with Gasteiger partial charge in [-0.25, -0.2) is 0 Å². The molecule has 0 atom stereocenters. The number of methoxy groups -OCH3 is 1. The fourth-order valence-corrected chi connectivity index (χ4v) is 2.45. The van der Waals surface area contributed by atoms with Gasteiger partial charge in [0, 0.05) is 27.7 Å². The molecule has 0 aliphatic heterocycles. The van der Waals surface area contributed by atoms with Crippen LogP contribution in [0.25, 0.3) is 0 Å². The molecule has 0 spiro atoms. The number of benzene rings is 1. The molecule has 2 aromatic rings. The molecule has 5 heteroatoms. The standard InChI is InChI=1S/C13H13N3OS/c1-17-9-3-2-4-10(7-9)18-12-8-16-6-5-11(12)13(14)15/h2-8H,1H3,(H3,14,15). The van der Waals surface area contributed by atoms with Gasteiger partial charge in [0.25, 0.3) is 0 Å². The minimum Gasteiger partial charge on any atom is -0.497 e. The molecular weight excluding hydrogens is 246 g/mol. The number of aromatic nitrogens is 1. The van der Waals surface area contributed by atoms with E-state index in [0.717, 1.165) is 15.5 Å². The van der Waals surface area contributed by atoms with Crippen molar-refractivity contribution in [1.29, 1.82) is 5.41 Å². The number of hydrogen-bond acceptors (Lipinski definition) is 4. The highest BCUT2D eigenvalue weighted by molar-refractivity contribution is 7.99. The Bertz CT molecular complexity index is 572. The van der Waals surface area contributed by atoms with Gasteiger partial charge in [-0.1, -0.05) is 17.8 Å². The molecule has 3 N–H and O–H groups in total. The lowest BCUT2D eigenvalue weighted by Gasteiger charge is -2.07. The molecule has 1 aromatic carbocycles. The van der Waals surface area contributed by atoms with Crippen LogP contribution >= 0.6 is 11.8 Å². The molecule has 18 heavy (non-hydrogen) atoms. The van der Waals surface area contributed by atoms with Gasteiger partial charge in [-0.05, 0) is 24.3 Å². The summed E-state index contributed by atoms with van der Waals surface area (Å²) in [5.41, 5.74) is 6.23. The third kappa shape index (κ3) is 2.81. The van der Waals surface area contributed by atoms with Crippen molar-refractivity contribution in [2.24, 2.45) is 5.73 Å². The highest BCUT2D eigenvalue weighted by atomic mass is 32.2. The van der Waals surface area contributed by atoms with Crippen molar-refractivity contribution in [1.82, 2.24) is 4.98 Å². The van der Waals surface area contributed by atoms with Crippen molar-refractivity contribution in [3.63, 3.8) is 0 Å². The Balaban J connectivity index is 2.31. The summed E-state index contributed by atoms with van der Waals surface area (Å²) in [6, 6.07) is 9.46. The number of nitrogens with two attached hydrogens (primary N) is 1. The molecule has 2 rings (SSSR count). The Hall–Kier alpha value is -2.01. The molecule has 1 heterocycles. The molecule has 0 saturated heterocycles. The lowest BCUT2D eigenvalue weighted by atomic mass is 10.2. The van der Waals surface area contributed by atoms with E-state index in [1.54, 1.807) is 25.6 Å². The molecule has 0 aliphatic rings. The summed E-state index contributed by atoms with van der Waals surface area (Å²) in [5, 5.41) is 7.53. The van der Waals surface area contributed by atoms with E-state index in [9.17, 15) is 0 Å². The predicted molar refractivity (Wildman–Crippen MR) is 72.4 cm³/mol. The highest BCUT2D eigenvalue weighted by Gasteiger charge is 2.07. The third-order valence-electron chi connectivity index (χ3n) is 2.34. The molecule has 0 amide bonds. The minimum absolute atomic E-state index is 0.0443. The molecule has 0 bridgehead atoms. The van der Waals surface area contributed by atoms with E-state index in [1.165, 1.54) is 11.8 Å². The van der Waals surface area contributed by atoms with Crippen LogP contribution in [0.3, 0.4) is 0 Å². The Labute approximate surface area is 110 Å². The van der Waals surface area contributed by atoms with E-state index >= 15 is 0 Å². The summed E-state index contributed by atoms with van der Waals surface area (Å²) in [5.74, 6) is 0.844. The topological polar surface area (TPSA) is 72.0 Å². The van der Waals surface area contributed by atoms with Crippen LogP contribution in [0.15, 0.2) is 52.5 Å². The number of hydrogen-bond donors (Lipinski definition) is 2. The highest BCUT2D eigenvalue weighted by Crippen LogP contribution is 2.31. The van der Waals surface area contributed by atoms with Crippen molar-refractivity contribution in [2.75, 3.05) is 7.11 Å². The maximum atomic E-state index is 7.53. The van der Waals surface area contributed by atoms with Gasteiger partial charge >= 0.3 is 0 Å². The van der Waals surface area contributed by atoms with Crippen LogP contribution in [0, 0.1) is 5.41 Å². The SMILES string of the molecule is COc1cccc(Sc2cnccc2C(=N)N)c1. The van der Waals surface area contributed by atoms with Crippen molar-refractivity contribution in [2.45, 2.75) is 9.79 Å². The molecule has 92 valence electrons. The van der Waals surface area contributed by atoms with Gasteiger partial charge < -0.3 is 10.5 Å². The zero-order valence-corrected chi connectivity index (χ0v) is 10.7. The van der Waals surface area contributed by atoms with Crippen LogP contribution in [0.4, 0.5) is 0 Å². The number of rotatable bonds is 4. The summed E-state index contributed by atoms with van der Waals surface area (Å²) in [7, 11) is 1.63. The van der Waals surface area contributed by atoms with Gasteiger partial charge in [0.1, 0.15) is 11.6 Å². The minimum atomic E-state index is 0.0443. The van der Waals surface area contributed by atoms with E-state index in [4.69, 9.17) is 15.9 Å². The number of nitrogens with zero attached hydrogens (tertiary/aromatic N) is 1. The Morgan fingerprint density at radius 3 is 2.94 bits per heavy atom. The van der Waals surface area contributed by atoms with Gasteiger partial charge in [-0.2, -0.15) is 0 Å². The molecule has 0 radical (unpaired) electrons. The number of ether oxygens (including phenoxy) is 1. The van der Waals surface area contributed by atoms with Crippen molar-refractivity contribution < 1.29 is 4.74 Å². The molecular formula is C13H13N3OS. The predicted octanol–water partition coefficient (Wildman–Crippen LogP) is 2.53.